The normalized spacial score (nSPS) is 11.5. The van der Waals surface area contributed by atoms with Gasteiger partial charge in [-0.05, 0) is 16.7 Å². The van der Waals surface area contributed by atoms with Gasteiger partial charge in [-0.1, -0.05) is 91.0 Å². The Labute approximate surface area is 183 Å². The molecule has 1 aromatic heterocycles. The minimum absolute atomic E-state index is 0.129. The van der Waals surface area contributed by atoms with Crippen LogP contribution in [-0.4, -0.2) is 34.3 Å². The Kier molecular flexibility index (Phi) is 5.80. The van der Waals surface area contributed by atoms with Gasteiger partial charge in [0.25, 0.3) is 0 Å². The third-order valence-corrected chi connectivity index (χ3v) is 5.32. The summed E-state index contributed by atoms with van der Waals surface area (Å²) in [5, 5.41) is 0. The average Bonchev–Trinajstić information content (AvgIpc) is 3.31. The zero-order valence-corrected chi connectivity index (χ0v) is 17.7. The van der Waals surface area contributed by atoms with E-state index in [-0.39, 0.29) is 5.78 Å². The monoisotopic (exact) mass is 407 g/mol. The molecule has 4 aromatic rings. The van der Waals surface area contributed by atoms with E-state index in [1.165, 1.54) is 0 Å². The molecule has 3 aromatic carbocycles. The van der Waals surface area contributed by atoms with Gasteiger partial charge in [-0.2, -0.15) is 0 Å². The van der Waals surface area contributed by atoms with Crippen molar-refractivity contribution in [2.75, 3.05) is 14.1 Å². The molecule has 0 aliphatic rings. The Morgan fingerprint density at radius 3 is 1.68 bits per heavy atom. The van der Waals surface area contributed by atoms with Crippen molar-refractivity contribution in [3.63, 3.8) is 0 Å². The minimum Gasteiger partial charge on any atom is -0.383 e. The zero-order valence-electron chi connectivity index (χ0n) is 17.7. The first-order valence-corrected chi connectivity index (χ1v) is 10.2. The smallest absolute Gasteiger partial charge is 0.207 e. The average molecular weight is 408 g/mol. The van der Waals surface area contributed by atoms with Crippen molar-refractivity contribution < 1.29 is 4.79 Å². The molecule has 0 atom stereocenters. The van der Waals surface area contributed by atoms with Crippen LogP contribution in [0.1, 0.15) is 27.2 Å². The second kappa shape index (κ2) is 8.84. The van der Waals surface area contributed by atoms with E-state index in [4.69, 9.17) is 0 Å². The maximum Gasteiger partial charge on any atom is 0.207 e. The molecule has 0 spiro atoms. The summed E-state index contributed by atoms with van der Waals surface area (Å²) in [6.45, 7) is 0. The number of hydrogen-bond donors (Lipinski definition) is 0. The molecule has 0 bridgehead atoms. The molecule has 4 rings (SSSR count). The molecule has 0 saturated heterocycles. The van der Waals surface area contributed by atoms with Crippen LogP contribution in [0.2, 0.25) is 0 Å². The molecule has 4 heteroatoms. The van der Waals surface area contributed by atoms with E-state index < -0.39 is 5.54 Å². The molecule has 0 fully saturated rings. The Hall–Kier alpha value is -3.92. The third kappa shape index (κ3) is 3.92. The Bertz CT molecular complexity index is 1070. The van der Waals surface area contributed by atoms with Crippen LogP contribution in [0.4, 0.5) is 0 Å². The molecule has 0 unspecified atom stereocenters. The lowest BCUT2D eigenvalue weighted by Gasteiger charge is -2.37. The maximum absolute atomic E-state index is 12.7. The van der Waals surface area contributed by atoms with Gasteiger partial charge >= 0.3 is 0 Å². The number of benzene rings is 3. The van der Waals surface area contributed by atoms with Crippen LogP contribution in [0.15, 0.2) is 116 Å². The summed E-state index contributed by atoms with van der Waals surface area (Å²) >= 11 is 0. The first-order valence-electron chi connectivity index (χ1n) is 10.2. The van der Waals surface area contributed by atoms with Crippen molar-refractivity contribution in [1.29, 1.82) is 0 Å². The highest BCUT2D eigenvalue weighted by molar-refractivity contribution is 6.02. The zero-order chi connectivity index (χ0) is 21.7. The molecule has 4 nitrogen and oxygen atoms in total. The van der Waals surface area contributed by atoms with Crippen molar-refractivity contribution in [2.24, 2.45) is 0 Å². The fourth-order valence-electron chi connectivity index (χ4n) is 3.92. The van der Waals surface area contributed by atoms with Crippen molar-refractivity contribution in [3.05, 3.63) is 138 Å². The van der Waals surface area contributed by atoms with E-state index in [9.17, 15) is 4.79 Å². The van der Waals surface area contributed by atoms with Gasteiger partial charge in [-0.25, -0.2) is 4.98 Å². The number of hydrogen-bond acceptors (Lipinski definition) is 3. The second-order valence-electron chi connectivity index (χ2n) is 7.62. The van der Waals surface area contributed by atoms with Gasteiger partial charge in [0.1, 0.15) is 11.2 Å². The van der Waals surface area contributed by atoms with Gasteiger partial charge < -0.3 is 9.47 Å². The van der Waals surface area contributed by atoms with Gasteiger partial charge in [0.2, 0.25) is 5.78 Å². The molecule has 0 radical (unpaired) electrons. The fraction of sp³-hybridized carbons (Fsp3) is 0.111. The molecule has 154 valence electrons. The van der Waals surface area contributed by atoms with Crippen molar-refractivity contribution in [3.8, 4) is 0 Å². The van der Waals surface area contributed by atoms with E-state index in [1.807, 2.05) is 84.4 Å². The molecular formula is C27H25N3O. The highest BCUT2D eigenvalue weighted by Gasteiger charge is 2.38. The lowest BCUT2D eigenvalue weighted by atomic mass is 9.77. The molecule has 0 aliphatic heterocycles. The SMILES string of the molecule is CN(C)C=CC(=O)c1cn(C(c2ccccc2)(c2ccccc2)c2ccccc2)cn1. The molecule has 31 heavy (non-hydrogen) atoms. The molecule has 1 heterocycles. The van der Waals surface area contributed by atoms with Crippen molar-refractivity contribution in [1.82, 2.24) is 14.5 Å². The van der Waals surface area contributed by atoms with Gasteiger partial charge in [-0.3, -0.25) is 4.79 Å². The van der Waals surface area contributed by atoms with Crippen LogP contribution in [0.25, 0.3) is 0 Å². The summed E-state index contributed by atoms with van der Waals surface area (Å²) in [5.74, 6) is -0.129. The number of carbonyl (C=O) groups excluding carboxylic acids is 1. The van der Waals surface area contributed by atoms with E-state index in [0.717, 1.165) is 16.7 Å². The summed E-state index contributed by atoms with van der Waals surface area (Å²) in [5.41, 5.74) is 3.01. The van der Waals surface area contributed by atoms with Gasteiger partial charge in [0.05, 0.1) is 6.33 Å². The van der Waals surface area contributed by atoms with E-state index in [2.05, 4.69) is 41.4 Å². The molecule has 0 amide bonds. The standard InChI is InChI=1S/C27H25N3O/c1-29(2)19-18-26(31)25-20-30(21-28-25)27(22-12-6-3-7-13-22,23-14-8-4-9-15-23)24-16-10-5-11-17-24/h3-21H,1-2H3. The lowest BCUT2D eigenvalue weighted by molar-refractivity contribution is 0.104. The first kappa shape index (κ1) is 20.4. The topological polar surface area (TPSA) is 38.1 Å². The lowest BCUT2D eigenvalue weighted by Crippen LogP contribution is -2.37. The van der Waals surface area contributed by atoms with Crippen LogP contribution in [0, 0.1) is 0 Å². The van der Waals surface area contributed by atoms with Crippen molar-refractivity contribution in [2.45, 2.75) is 5.54 Å². The van der Waals surface area contributed by atoms with E-state index in [0.29, 0.717) is 5.69 Å². The summed E-state index contributed by atoms with van der Waals surface area (Å²) in [6, 6.07) is 31.0. The van der Waals surface area contributed by atoms with E-state index >= 15 is 0 Å². The third-order valence-electron chi connectivity index (χ3n) is 5.32. The molecular weight excluding hydrogens is 382 g/mol. The minimum atomic E-state index is -0.666. The largest absolute Gasteiger partial charge is 0.383 e. The van der Waals surface area contributed by atoms with Crippen LogP contribution in [0.5, 0.6) is 0 Å². The quantitative estimate of drug-likeness (QED) is 0.246. The Morgan fingerprint density at radius 1 is 0.806 bits per heavy atom. The number of nitrogens with zero attached hydrogens (tertiary/aromatic N) is 3. The highest BCUT2D eigenvalue weighted by Crippen LogP contribution is 2.40. The molecule has 0 saturated carbocycles. The summed E-state index contributed by atoms with van der Waals surface area (Å²) < 4.78 is 2.05. The van der Waals surface area contributed by atoms with Crippen LogP contribution in [0.3, 0.4) is 0 Å². The number of ketones is 1. The summed E-state index contributed by atoms with van der Waals surface area (Å²) in [4.78, 5) is 19.0. The molecule has 0 aliphatic carbocycles. The first-order chi connectivity index (χ1) is 15.1. The van der Waals surface area contributed by atoms with Gasteiger partial charge in [0, 0.05) is 32.6 Å². The van der Waals surface area contributed by atoms with E-state index in [1.54, 1.807) is 18.6 Å². The van der Waals surface area contributed by atoms with Gasteiger partial charge in [0.15, 0.2) is 0 Å². The maximum atomic E-state index is 12.7. The van der Waals surface area contributed by atoms with Gasteiger partial charge in [-0.15, -0.1) is 0 Å². The number of rotatable bonds is 7. The number of allylic oxidation sites excluding steroid dienone is 1. The fourth-order valence-corrected chi connectivity index (χ4v) is 3.92. The Balaban J connectivity index is 1.97. The predicted molar refractivity (Wildman–Crippen MR) is 124 cm³/mol. The Morgan fingerprint density at radius 2 is 1.26 bits per heavy atom. The highest BCUT2D eigenvalue weighted by atomic mass is 16.1. The number of carbonyl (C=O) groups is 1. The van der Waals surface area contributed by atoms with Crippen LogP contribution < -0.4 is 0 Å². The number of imidazole rings is 1. The summed E-state index contributed by atoms with van der Waals surface area (Å²) in [6.07, 6.45) is 6.88. The van der Waals surface area contributed by atoms with Crippen molar-refractivity contribution >= 4 is 5.78 Å². The molecule has 0 N–H and O–H groups in total. The van der Waals surface area contributed by atoms with Crippen LogP contribution >= 0.6 is 0 Å². The summed E-state index contributed by atoms with van der Waals surface area (Å²) in [7, 11) is 3.77. The second-order valence-corrected chi connectivity index (χ2v) is 7.62. The van der Waals surface area contributed by atoms with Crippen LogP contribution in [-0.2, 0) is 5.54 Å². The predicted octanol–water partition coefficient (Wildman–Crippen LogP) is 4.98. The number of aromatic nitrogens is 2.